The minimum Gasteiger partial charge on any atom is -0.483 e. The summed E-state index contributed by atoms with van der Waals surface area (Å²) in [6.45, 7) is 2.50. The molecule has 1 saturated heterocycles. The number of hydrogen-bond donors (Lipinski definition) is 1. The van der Waals surface area contributed by atoms with Crippen LogP contribution in [0.25, 0.3) is 11.3 Å². The Kier molecular flexibility index (Phi) is 5.91. The fourth-order valence-corrected chi connectivity index (χ4v) is 4.08. The Balaban J connectivity index is 0.000000659. The number of hydrogen-bond acceptors (Lipinski definition) is 4. The van der Waals surface area contributed by atoms with Crippen molar-refractivity contribution < 1.29 is 14.7 Å². The van der Waals surface area contributed by atoms with Crippen LogP contribution in [0.3, 0.4) is 0 Å². The third-order valence-electron chi connectivity index (χ3n) is 5.45. The SMILES string of the molecule is CN1CCC(N2CCc3c(-c4ccccc4)nn(C)c3CC2)C1=O.O=CO. The van der Waals surface area contributed by atoms with Crippen molar-refractivity contribution >= 4 is 12.4 Å². The highest BCUT2D eigenvalue weighted by molar-refractivity contribution is 5.83. The zero-order chi connectivity index (χ0) is 19.4. The Hall–Kier alpha value is -2.67. The average molecular weight is 370 g/mol. The first-order valence-electron chi connectivity index (χ1n) is 9.23. The van der Waals surface area contributed by atoms with Crippen LogP contribution in [0.5, 0.6) is 0 Å². The number of carbonyl (C=O) groups excluding carboxylic acids is 1. The van der Waals surface area contributed by atoms with Gasteiger partial charge in [-0.1, -0.05) is 30.3 Å². The zero-order valence-electron chi connectivity index (χ0n) is 15.8. The molecule has 2 aliphatic heterocycles. The van der Waals surface area contributed by atoms with Crippen LogP contribution < -0.4 is 0 Å². The van der Waals surface area contributed by atoms with E-state index in [1.807, 2.05) is 29.7 Å². The molecule has 7 nitrogen and oxygen atoms in total. The maximum absolute atomic E-state index is 12.4. The second-order valence-corrected chi connectivity index (χ2v) is 6.97. The van der Waals surface area contributed by atoms with E-state index in [1.54, 1.807) is 0 Å². The second-order valence-electron chi connectivity index (χ2n) is 6.97. The molecule has 4 rings (SSSR count). The van der Waals surface area contributed by atoms with Crippen LogP contribution in [0.4, 0.5) is 0 Å². The average Bonchev–Trinajstić information content (AvgIpc) is 3.07. The van der Waals surface area contributed by atoms with E-state index < -0.39 is 0 Å². The van der Waals surface area contributed by atoms with E-state index in [-0.39, 0.29) is 18.4 Å². The number of nitrogens with zero attached hydrogens (tertiary/aromatic N) is 4. The highest BCUT2D eigenvalue weighted by Crippen LogP contribution is 2.29. The topological polar surface area (TPSA) is 78.7 Å². The molecule has 0 bridgehead atoms. The first kappa shape index (κ1) is 19.1. The van der Waals surface area contributed by atoms with Crippen LogP contribution in [0.15, 0.2) is 30.3 Å². The number of fused-ring (bicyclic) bond motifs is 1. The van der Waals surface area contributed by atoms with Gasteiger partial charge in [0.15, 0.2) is 0 Å². The van der Waals surface area contributed by atoms with E-state index in [0.29, 0.717) is 0 Å². The van der Waals surface area contributed by atoms with Gasteiger partial charge in [0.2, 0.25) is 5.91 Å². The molecule has 0 aliphatic carbocycles. The predicted octanol–water partition coefficient (Wildman–Crippen LogP) is 1.42. The molecule has 1 fully saturated rings. The summed E-state index contributed by atoms with van der Waals surface area (Å²) in [5, 5.41) is 11.7. The summed E-state index contributed by atoms with van der Waals surface area (Å²) in [7, 11) is 3.95. The van der Waals surface area contributed by atoms with Crippen LogP contribution >= 0.6 is 0 Å². The van der Waals surface area contributed by atoms with Crippen molar-refractivity contribution in [2.24, 2.45) is 7.05 Å². The molecule has 144 valence electrons. The van der Waals surface area contributed by atoms with Crippen LogP contribution in [-0.2, 0) is 29.5 Å². The lowest BCUT2D eigenvalue weighted by Crippen LogP contribution is -2.42. The third-order valence-corrected chi connectivity index (χ3v) is 5.45. The number of aryl methyl sites for hydroxylation is 1. The molecule has 2 aromatic rings. The smallest absolute Gasteiger partial charge is 0.290 e. The van der Waals surface area contributed by atoms with Crippen LogP contribution in [0.1, 0.15) is 17.7 Å². The van der Waals surface area contributed by atoms with Gasteiger partial charge < -0.3 is 10.0 Å². The van der Waals surface area contributed by atoms with Crippen molar-refractivity contribution in [3.63, 3.8) is 0 Å². The minimum absolute atomic E-state index is 0.0671. The fraction of sp³-hybridized carbons (Fsp3) is 0.450. The van der Waals surface area contributed by atoms with Gasteiger partial charge in [-0.3, -0.25) is 19.2 Å². The number of carbonyl (C=O) groups is 2. The molecule has 1 amide bonds. The van der Waals surface area contributed by atoms with E-state index in [0.717, 1.165) is 44.6 Å². The Bertz CT molecular complexity index is 803. The molecule has 27 heavy (non-hydrogen) atoms. The summed E-state index contributed by atoms with van der Waals surface area (Å²) in [5.41, 5.74) is 4.95. The number of likely N-dealkylation sites (tertiary alicyclic amines) is 1. The second kappa shape index (κ2) is 8.35. The number of benzene rings is 1. The molecule has 1 aromatic carbocycles. The van der Waals surface area contributed by atoms with Crippen LogP contribution in [0.2, 0.25) is 0 Å². The van der Waals surface area contributed by atoms with Gasteiger partial charge in [0.05, 0.1) is 11.7 Å². The molecule has 3 heterocycles. The summed E-state index contributed by atoms with van der Waals surface area (Å²) in [5.74, 6) is 0.280. The number of carboxylic acid groups (broad SMARTS) is 1. The van der Waals surface area contributed by atoms with Gasteiger partial charge in [-0.05, 0) is 12.8 Å². The molecule has 0 radical (unpaired) electrons. The Morgan fingerprint density at radius 2 is 1.78 bits per heavy atom. The highest BCUT2D eigenvalue weighted by Gasteiger charge is 2.35. The van der Waals surface area contributed by atoms with E-state index in [9.17, 15) is 4.79 Å². The van der Waals surface area contributed by atoms with Crippen molar-refractivity contribution in [1.29, 1.82) is 0 Å². The first-order chi connectivity index (χ1) is 13.1. The maximum atomic E-state index is 12.4. The van der Waals surface area contributed by atoms with Crippen LogP contribution in [0, 0.1) is 0 Å². The summed E-state index contributed by atoms with van der Waals surface area (Å²) in [6, 6.07) is 10.5. The van der Waals surface area contributed by atoms with Gasteiger partial charge in [0.25, 0.3) is 6.47 Å². The van der Waals surface area contributed by atoms with Gasteiger partial charge in [-0.2, -0.15) is 5.10 Å². The first-order valence-corrected chi connectivity index (χ1v) is 9.23. The summed E-state index contributed by atoms with van der Waals surface area (Å²) >= 11 is 0. The predicted molar refractivity (Wildman–Crippen MR) is 102 cm³/mol. The molecule has 1 aromatic heterocycles. The van der Waals surface area contributed by atoms with Gasteiger partial charge >= 0.3 is 0 Å². The van der Waals surface area contributed by atoms with Crippen molar-refractivity contribution in [2.75, 3.05) is 26.7 Å². The zero-order valence-corrected chi connectivity index (χ0v) is 15.8. The number of aromatic nitrogens is 2. The minimum atomic E-state index is -0.250. The lowest BCUT2D eigenvalue weighted by Gasteiger charge is -2.25. The Labute approximate surface area is 159 Å². The number of amides is 1. The number of likely N-dealkylation sites (N-methyl/N-ethyl adjacent to an activating group) is 1. The largest absolute Gasteiger partial charge is 0.483 e. The molecule has 1 unspecified atom stereocenters. The maximum Gasteiger partial charge on any atom is 0.290 e. The van der Waals surface area contributed by atoms with Crippen molar-refractivity contribution in [3.05, 3.63) is 41.6 Å². The van der Waals surface area contributed by atoms with E-state index in [4.69, 9.17) is 15.0 Å². The summed E-state index contributed by atoms with van der Waals surface area (Å²) in [4.78, 5) is 24.9. The molecule has 0 saturated carbocycles. The van der Waals surface area contributed by atoms with E-state index in [2.05, 4.69) is 29.2 Å². The third kappa shape index (κ3) is 3.88. The molecule has 1 N–H and O–H groups in total. The molecule has 0 spiro atoms. The molecule has 2 aliphatic rings. The fourth-order valence-electron chi connectivity index (χ4n) is 4.08. The van der Waals surface area contributed by atoms with Gasteiger partial charge in [-0.15, -0.1) is 0 Å². The molecular formula is C20H26N4O3. The van der Waals surface area contributed by atoms with Gasteiger partial charge in [-0.25, -0.2) is 0 Å². The highest BCUT2D eigenvalue weighted by atomic mass is 16.3. The summed E-state index contributed by atoms with van der Waals surface area (Å²) in [6.07, 6.45) is 2.87. The Morgan fingerprint density at radius 1 is 1.11 bits per heavy atom. The quantitative estimate of drug-likeness (QED) is 0.809. The van der Waals surface area contributed by atoms with E-state index in [1.165, 1.54) is 16.8 Å². The van der Waals surface area contributed by atoms with Crippen molar-refractivity contribution in [1.82, 2.24) is 19.6 Å². The van der Waals surface area contributed by atoms with Gasteiger partial charge in [0.1, 0.15) is 0 Å². The molecule has 7 heteroatoms. The van der Waals surface area contributed by atoms with Gasteiger partial charge in [0, 0.05) is 57.0 Å². The lowest BCUT2D eigenvalue weighted by atomic mass is 10.0. The van der Waals surface area contributed by atoms with Crippen LogP contribution in [-0.4, -0.2) is 69.8 Å². The monoisotopic (exact) mass is 370 g/mol. The molecular weight excluding hydrogens is 344 g/mol. The van der Waals surface area contributed by atoms with E-state index >= 15 is 0 Å². The lowest BCUT2D eigenvalue weighted by molar-refractivity contribution is -0.131. The standard InChI is InChI=1S/C19H24N4O.CH2O2/c1-21-11-9-17(19(21)24)23-12-8-15-16(10-13-23)22(2)20-18(15)14-6-4-3-5-7-14;2-1-3/h3-7,17H,8-13H2,1-2H3;1H,(H,2,3). The Morgan fingerprint density at radius 3 is 2.41 bits per heavy atom. The molecule has 1 atom stereocenters. The van der Waals surface area contributed by atoms with Crippen molar-refractivity contribution in [3.8, 4) is 11.3 Å². The number of rotatable bonds is 2. The van der Waals surface area contributed by atoms with Crippen molar-refractivity contribution in [2.45, 2.75) is 25.3 Å². The normalized spacial score (nSPS) is 19.9. The summed E-state index contributed by atoms with van der Waals surface area (Å²) < 4.78 is 2.03.